The highest BCUT2D eigenvalue weighted by atomic mass is 16.5. The van der Waals surface area contributed by atoms with Crippen molar-refractivity contribution >= 4 is 6.03 Å². The maximum absolute atomic E-state index is 12.3. The Labute approximate surface area is 138 Å². The number of pyridine rings is 1. The maximum Gasteiger partial charge on any atom is 0.317 e. The number of nitrogens with one attached hydrogen (secondary N) is 1. The molecule has 2 amide bonds. The summed E-state index contributed by atoms with van der Waals surface area (Å²) in [5.74, 6) is 0.820. The van der Waals surface area contributed by atoms with Gasteiger partial charge in [0, 0.05) is 37.7 Å². The standard InChI is InChI=1S/C18H27N3O2/c1-14-7-8-17(13-19-14)23-16-9-11-21(12-10-16)18(22)20-15-5-3-2-4-6-15/h7-8,13,15-16H,2-6,9-12H2,1H3,(H,20,22). The third-order valence-electron chi connectivity index (χ3n) is 4.85. The van der Waals surface area contributed by atoms with Gasteiger partial charge in [0.15, 0.2) is 0 Å². The van der Waals surface area contributed by atoms with Gasteiger partial charge >= 0.3 is 6.03 Å². The van der Waals surface area contributed by atoms with Crippen molar-refractivity contribution in [3.8, 4) is 5.75 Å². The van der Waals surface area contributed by atoms with Gasteiger partial charge in [-0.25, -0.2) is 4.79 Å². The minimum Gasteiger partial charge on any atom is -0.489 e. The minimum atomic E-state index is 0.104. The summed E-state index contributed by atoms with van der Waals surface area (Å²) in [6.07, 6.45) is 9.77. The van der Waals surface area contributed by atoms with Crippen molar-refractivity contribution in [2.75, 3.05) is 13.1 Å². The minimum absolute atomic E-state index is 0.104. The second-order valence-electron chi connectivity index (χ2n) is 6.72. The molecule has 1 aliphatic carbocycles. The number of carbonyl (C=O) groups is 1. The molecule has 1 aliphatic heterocycles. The summed E-state index contributed by atoms with van der Waals surface area (Å²) in [6.45, 7) is 3.50. The highest BCUT2D eigenvalue weighted by Crippen LogP contribution is 2.20. The Morgan fingerprint density at radius 3 is 2.57 bits per heavy atom. The van der Waals surface area contributed by atoms with Crippen molar-refractivity contribution < 1.29 is 9.53 Å². The first kappa shape index (κ1) is 16.1. The molecule has 0 spiro atoms. The number of amides is 2. The van der Waals surface area contributed by atoms with Crippen LogP contribution in [0.5, 0.6) is 5.75 Å². The van der Waals surface area contributed by atoms with E-state index >= 15 is 0 Å². The fourth-order valence-electron chi connectivity index (χ4n) is 3.41. The molecule has 0 atom stereocenters. The molecule has 1 saturated carbocycles. The topological polar surface area (TPSA) is 54.5 Å². The van der Waals surface area contributed by atoms with Gasteiger partial charge in [-0.15, -0.1) is 0 Å². The Morgan fingerprint density at radius 1 is 1.17 bits per heavy atom. The van der Waals surface area contributed by atoms with Gasteiger partial charge in [-0.05, 0) is 31.9 Å². The van der Waals surface area contributed by atoms with Crippen LogP contribution in [-0.2, 0) is 0 Å². The van der Waals surface area contributed by atoms with Gasteiger partial charge < -0.3 is 15.0 Å². The van der Waals surface area contributed by atoms with Gasteiger partial charge in [-0.2, -0.15) is 0 Å². The molecule has 1 aromatic rings. The van der Waals surface area contributed by atoms with E-state index in [9.17, 15) is 4.79 Å². The third-order valence-corrected chi connectivity index (χ3v) is 4.85. The number of hydrogen-bond acceptors (Lipinski definition) is 3. The maximum atomic E-state index is 12.3. The molecule has 0 bridgehead atoms. The van der Waals surface area contributed by atoms with Crippen molar-refractivity contribution in [3.05, 3.63) is 24.0 Å². The molecule has 126 valence electrons. The van der Waals surface area contributed by atoms with Crippen LogP contribution in [0.4, 0.5) is 4.79 Å². The normalized spacial score (nSPS) is 20.3. The van der Waals surface area contributed by atoms with E-state index in [1.165, 1.54) is 19.3 Å². The molecule has 1 aromatic heterocycles. The van der Waals surface area contributed by atoms with Crippen LogP contribution in [0.2, 0.25) is 0 Å². The van der Waals surface area contributed by atoms with Crippen molar-refractivity contribution in [2.45, 2.75) is 64.0 Å². The van der Waals surface area contributed by atoms with Crippen LogP contribution in [0.3, 0.4) is 0 Å². The lowest BCUT2D eigenvalue weighted by Crippen LogP contribution is -2.49. The van der Waals surface area contributed by atoms with Gasteiger partial charge in [0.1, 0.15) is 11.9 Å². The van der Waals surface area contributed by atoms with E-state index in [2.05, 4.69) is 10.3 Å². The molecule has 2 aliphatic rings. The number of likely N-dealkylation sites (tertiary alicyclic amines) is 1. The Morgan fingerprint density at radius 2 is 1.91 bits per heavy atom. The summed E-state index contributed by atoms with van der Waals surface area (Å²) in [4.78, 5) is 18.5. The zero-order valence-electron chi connectivity index (χ0n) is 14.0. The van der Waals surface area contributed by atoms with Gasteiger partial charge in [-0.3, -0.25) is 4.98 Å². The molecule has 23 heavy (non-hydrogen) atoms. The van der Waals surface area contributed by atoms with E-state index in [1.807, 2.05) is 24.0 Å². The van der Waals surface area contributed by atoms with Crippen LogP contribution in [0.25, 0.3) is 0 Å². The number of urea groups is 1. The van der Waals surface area contributed by atoms with Crippen LogP contribution in [0.1, 0.15) is 50.6 Å². The lowest BCUT2D eigenvalue weighted by molar-refractivity contribution is 0.109. The van der Waals surface area contributed by atoms with E-state index < -0.39 is 0 Å². The van der Waals surface area contributed by atoms with Crippen LogP contribution in [0.15, 0.2) is 18.3 Å². The van der Waals surface area contributed by atoms with E-state index in [4.69, 9.17) is 4.74 Å². The van der Waals surface area contributed by atoms with E-state index in [0.717, 1.165) is 50.2 Å². The summed E-state index contributed by atoms with van der Waals surface area (Å²) in [7, 11) is 0. The van der Waals surface area contributed by atoms with E-state index in [1.54, 1.807) is 6.20 Å². The number of aryl methyl sites for hydroxylation is 1. The number of ether oxygens (including phenoxy) is 1. The van der Waals surface area contributed by atoms with Crippen LogP contribution >= 0.6 is 0 Å². The molecular formula is C18H27N3O2. The molecule has 2 heterocycles. The first-order chi connectivity index (χ1) is 11.2. The third kappa shape index (κ3) is 4.60. The first-order valence-corrected chi connectivity index (χ1v) is 8.85. The molecule has 2 fully saturated rings. The molecule has 0 unspecified atom stereocenters. The molecule has 1 N–H and O–H groups in total. The van der Waals surface area contributed by atoms with Gasteiger partial charge in [-0.1, -0.05) is 19.3 Å². The SMILES string of the molecule is Cc1ccc(OC2CCN(C(=O)NC3CCCCC3)CC2)cn1. The summed E-state index contributed by atoms with van der Waals surface area (Å²) < 4.78 is 5.97. The molecular weight excluding hydrogens is 290 g/mol. The number of aromatic nitrogens is 1. The summed E-state index contributed by atoms with van der Waals surface area (Å²) >= 11 is 0. The van der Waals surface area contributed by atoms with E-state index in [0.29, 0.717) is 6.04 Å². The van der Waals surface area contributed by atoms with Gasteiger partial charge in [0.05, 0.1) is 6.20 Å². The molecule has 5 nitrogen and oxygen atoms in total. The Kier molecular flexibility index (Phi) is 5.36. The lowest BCUT2D eigenvalue weighted by Gasteiger charge is -2.34. The number of piperidine rings is 1. The molecule has 3 rings (SSSR count). The molecule has 0 radical (unpaired) electrons. The van der Waals surface area contributed by atoms with Crippen LogP contribution in [0, 0.1) is 6.92 Å². The number of carbonyl (C=O) groups excluding carboxylic acids is 1. The zero-order valence-corrected chi connectivity index (χ0v) is 14.0. The van der Waals surface area contributed by atoms with E-state index in [-0.39, 0.29) is 12.1 Å². The predicted octanol–water partition coefficient (Wildman–Crippen LogP) is 3.28. The average Bonchev–Trinajstić information content (AvgIpc) is 2.58. The Bertz CT molecular complexity index is 504. The average molecular weight is 317 g/mol. The zero-order chi connectivity index (χ0) is 16.1. The Hall–Kier alpha value is -1.78. The summed E-state index contributed by atoms with van der Waals surface area (Å²) in [6, 6.07) is 4.41. The number of nitrogens with zero attached hydrogens (tertiary/aromatic N) is 2. The lowest BCUT2D eigenvalue weighted by atomic mass is 9.96. The highest BCUT2D eigenvalue weighted by Gasteiger charge is 2.25. The van der Waals surface area contributed by atoms with Crippen LogP contribution < -0.4 is 10.1 Å². The second kappa shape index (κ2) is 7.66. The Balaban J connectivity index is 1.42. The summed E-state index contributed by atoms with van der Waals surface area (Å²) in [5, 5.41) is 3.20. The number of rotatable bonds is 3. The van der Waals surface area contributed by atoms with Crippen molar-refractivity contribution in [1.82, 2.24) is 15.2 Å². The van der Waals surface area contributed by atoms with Crippen molar-refractivity contribution in [3.63, 3.8) is 0 Å². The monoisotopic (exact) mass is 317 g/mol. The second-order valence-corrected chi connectivity index (χ2v) is 6.72. The molecule has 1 saturated heterocycles. The molecule has 5 heteroatoms. The fourth-order valence-corrected chi connectivity index (χ4v) is 3.41. The molecule has 0 aromatic carbocycles. The fraction of sp³-hybridized carbons (Fsp3) is 0.667. The van der Waals surface area contributed by atoms with Crippen molar-refractivity contribution in [2.24, 2.45) is 0 Å². The van der Waals surface area contributed by atoms with Gasteiger partial charge in [0.25, 0.3) is 0 Å². The summed E-state index contributed by atoms with van der Waals surface area (Å²) in [5.41, 5.74) is 0.992. The van der Waals surface area contributed by atoms with Crippen LogP contribution in [-0.4, -0.2) is 41.2 Å². The largest absolute Gasteiger partial charge is 0.489 e. The van der Waals surface area contributed by atoms with Gasteiger partial charge in [0.2, 0.25) is 0 Å². The number of hydrogen-bond donors (Lipinski definition) is 1. The van der Waals surface area contributed by atoms with Crippen molar-refractivity contribution in [1.29, 1.82) is 0 Å². The highest BCUT2D eigenvalue weighted by molar-refractivity contribution is 5.74. The quantitative estimate of drug-likeness (QED) is 0.931. The smallest absolute Gasteiger partial charge is 0.317 e. The first-order valence-electron chi connectivity index (χ1n) is 8.85. The predicted molar refractivity (Wildman–Crippen MR) is 89.6 cm³/mol.